The zero-order chi connectivity index (χ0) is 17.8. The van der Waals surface area contributed by atoms with Gasteiger partial charge in [0.2, 0.25) is 0 Å². The summed E-state index contributed by atoms with van der Waals surface area (Å²) in [6, 6.07) is 3.92. The van der Waals surface area contributed by atoms with Gasteiger partial charge >= 0.3 is 0 Å². The van der Waals surface area contributed by atoms with Crippen molar-refractivity contribution in [2.45, 2.75) is 76.5 Å². The number of rotatable bonds is 3. The van der Waals surface area contributed by atoms with Crippen molar-refractivity contribution >= 4 is 17.2 Å². The summed E-state index contributed by atoms with van der Waals surface area (Å²) in [6.07, 6.45) is -2.87. The van der Waals surface area contributed by atoms with Crippen molar-refractivity contribution in [3.63, 3.8) is 0 Å². The number of nitrogens with one attached hydrogen (secondary N) is 1. The topological polar surface area (TPSA) is 75.3 Å². The number of carbonyl (C=O) groups is 1. The molecule has 3 fully saturated rings. The lowest BCUT2D eigenvalue weighted by Gasteiger charge is -2.36. The number of hydrogen-bond acceptors (Lipinski definition) is 7. The summed E-state index contributed by atoms with van der Waals surface area (Å²) >= 11 is 1.59. The fraction of sp³-hybridized carbons (Fsp3) is 0.706. The summed E-state index contributed by atoms with van der Waals surface area (Å²) in [6.45, 7) is 7.73. The average molecular weight is 369 g/mol. The molecule has 0 aliphatic carbocycles. The van der Waals surface area contributed by atoms with Crippen LogP contribution in [0.3, 0.4) is 0 Å². The normalized spacial score (nSPS) is 38.2. The highest BCUT2D eigenvalue weighted by atomic mass is 32.1. The van der Waals surface area contributed by atoms with Crippen LogP contribution in [0.4, 0.5) is 0 Å². The molecule has 1 N–H and O–H groups in total. The smallest absolute Gasteiger partial charge is 0.252 e. The van der Waals surface area contributed by atoms with Gasteiger partial charge in [-0.1, -0.05) is 6.07 Å². The first kappa shape index (κ1) is 17.4. The zero-order valence-electron chi connectivity index (χ0n) is 14.7. The molecule has 0 spiro atoms. The standard InChI is InChI=1S/C17H23NO6S/c1-16(2)21-10-11(22-16)13-15(24-17(3,4)23-13)20-12(10)14(19)18-8-9-6-5-7-25-9/h5-7,10-13,15H,8H2,1-4H3,(H,18,19). The van der Waals surface area contributed by atoms with Gasteiger partial charge in [-0.3, -0.25) is 4.79 Å². The summed E-state index contributed by atoms with van der Waals surface area (Å²) in [5.74, 6) is -1.84. The van der Waals surface area contributed by atoms with Crippen molar-refractivity contribution in [1.29, 1.82) is 0 Å². The van der Waals surface area contributed by atoms with E-state index in [1.54, 1.807) is 11.3 Å². The Kier molecular flexibility index (Phi) is 4.18. The Balaban J connectivity index is 1.52. The largest absolute Gasteiger partial charge is 0.349 e. The summed E-state index contributed by atoms with van der Waals surface area (Å²) < 4.78 is 29.6. The van der Waals surface area contributed by atoms with E-state index >= 15 is 0 Å². The summed E-state index contributed by atoms with van der Waals surface area (Å²) in [7, 11) is 0. The second-order valence-electron chi connectivity index (χ2n) is 7.39. The Bertz CT molecular complexity index is 646. The Morgan fingerprint density at radius 3 is 2.48 bits per heavy atom. The molecule has 138 valence electrons. The van der Waals surface area contributed by atoms with Crippen LogP contribution in [0.25, 0.3) is 0 Å². The van der Waals surface area contributed by atoms with E-state index in [1.165, 1.54) is 0 Å². The average Bonchev–Trinajstić information content (AvgIpc) is 3.19. The second kappa shape index (κ2) is 6.00. The van der Waals surface area contributed by atoms with E-state index in [-0.39, 0.29) is 5.91 Å². The molecule has 3 aliphatic heterocycles. The fourth-order valence-electron chi connectivity index (χ4n) is 3.51. The molecule has 1 aromatic rings. The highest BCUT2D eigenvalue weighted by Crippen LogP contribution is 2.44. The van der Waals surface area contributed by atoms with E-state index in [9.17, 15) is 4.79 Å². The fourth-order valence-corrected chi connectivity index (χ4v) is 4.16. The predicted octanol–water partition coefficient (Wildman–Crippen LogP) is 1.76. The first-order valence-corrected chi connectivity index (χ1v) is 9.29. The second-order valence-corrected chi connectivity index (χ2v) is 8.42. The van der Waals surface area contributed by atoms with Crippen molar-refractivity contribution in [2.75, 3.05) is 0 Å². The first-order valence-electron chi connectivity index (χ1n) is 8.41. The van der Waals surface area contributed by atoms with Gasteiger partial charge in [-0.05, 0) is 39.1 Å². The summed E-state index contributed by atoms with van der Waals surface area (Å²) in [4.78, 5) is 13.8. The van der Waals surface area contributed by atoms with E-state index in [1.807, 2.05) is 45.2 Å². The Hall–Kier alpha value is -1.03. The Labute approximate surface area is 150 Å². The highest BCUT2D eigenvalue weighted by Gasteiger charge is 2.62. The van der Waals surface area contributed by atoms with E-state index in [2.05, 4.69) is 5.32 Å². The minimum Gasteiger partial charge on any atom is -0.349 e. The lowest BCUT2D eigenvalue weighted by atomic mass is 9.98. The molecule has 0 radical (unpaired) electrons. The SMILES string of the molecule is CC1(C)OC2OC(C(=O)NCc3cccs3)C3OC(C)(C)OC3C2O1. The molecule has 5 unspecified atom stereocenters. The minimum atomic E-state index is -0.814. The maximum atomic E-state index is 12.7. The number of thiophene rings is 1. The molecule has 4 rings (SSSR count). The lowest BCUT2D eigenvalue weighted by molar-refractivity contribution is -0.231. The van der Waals surface area contributed by atoms with Crippen LogP contribution >= 0.6 is 11.3 Å². The van der Waals surface area contributed by atoms with Gasteiger partial charge in [0.1, 0.15) is 18.3 Å². The third-order valence-electron chi connectivity index (χ3n) is 4.43. The molecule has 0 aromatic carbocycles. The molecule has 25 heavy (non-hydrogen) atoms. The van der Waals surface area contributed by atoms with Gasteiger partial charge in [0, 0.05) is 4.88 Å². The number of ether oxygens (including phenoxy) is 5. The van der Waals surface area contributed by atoms with Crippen molar-refractivity contribution in [3.05, 3.63) is 22.4 Å². The summed E-state index contributed by atoms with van der Waals surface area (Å²) in [5.41, 5.74) is 0. The Morgan fingerprint density at radius 1 is 1.08 bits per heavy atom. The maximum Gasteiger partial charge on any atom is 0.252 e. The number of amides is 1. The van der Waals surface area contributed by atoms with E-state index < -0.39 is 42.3 Å². The molecule has 0 bridgehead atoms. The number of carbonyl (C=O) groups excluding carboxylic acids is 1. The molecule has 1 amide bonds. The minimum absolute atomic E-state index is 0.239. The molecule has 0 saturated carbocycles. The molecule has 1 aromatic heterocycles. The summed E-state index contributed by atoms with van der Waals surface area (Å²) in [5, 5.41) is 4.88. The van der Waals surface area contributed by atoms with Gasteiger partial charge in [0.05, 0.1) is 6.54 Å². The van der Waals surface area contributed by atoms with E-state index in [4.69, 9.17) is 23.7 Å². The first-order chi connectivity index (χ1) is 11.7. The third kappa shape index (κ3) is 3.34. The van der Waals surface area contributed by atoms with Crippen LogP contribution < -0.4 is 5.32 Å². The van der Waals surface area contributed by atoms with Crippen LogP contribution in [-0.2, 0) is 35.0 Å². The molecule has 7 nitrogen and oxygen atoms in total. The maximum absolute atomic E-state index is 12.7. The number of hydrogen-bond donors (Lipinski definition) is 1. The van der Waals surface area contributed by atoms with Crippen LogP contribution in [0, 0.1) is 0 Å². The molecule has 4 heterocycles. The van der Waals surface area contributed by atoms with Gasteiger partial charge < -0.3 is 29.0 Å². The highest BCUT2D eigenvalue weighted by molar-refractivity contribution is 7.09. The number of fused-ring (bicyclic) bond motifs is 3. The lowest BCUT2D eigenvalue weighted by Crippen LogP contribution is -2.59. The van der Waals surface area contributed by atoms with E-state index in [0.717, 1.165) is 4.88 Å². The van der Waals surface area contributed by atoms with Crippen molar-refractivity contribution in [1.82, 2.24) is 5.32 Å². The Morgan fingerprint density at radius 2 is 1.76 bits per heavy atom. The van der Waals surface area contributed by atoms with Crippen molar-refractivity contribution in [2.24, 2.45) is 0 Å². The van der Waals surface area contributed by atoms with Crippen LogP contribution in [0.1, 0.15) is 32.6 Å². The third-order valence-corrected chi connectivity index (χ3v) is 5.31. The quantitative estimate of drug-likeness (QED) is 0.875. The predicted molar refractivity (Wildman–Crippen MR) is 88.7 cm³/mol. The van der Waals surface area contributed by atoms with Crippen LogP contribution in [0.5, 0.6) is 0 Å². The van der Waals surface area contributed by atoms with Crippen molar-refractivity contribution in [3.8, 4) is 0 Å². The van der Waals surface area contributed by atoms with Gasteiger partial charge in [-0.25, -0.2) is 0 Å². The van der Waals surface area contributed by atoms with Crippen LogP contribution in [0.2, 0.25) is 0 Å². The van der Waals surface area contributed by atoms with Crippen LogP contribution in [0.15, 0.2) is 17.5 Å². The van der Waals surface area contributed by atoms with Gasteiger partial charge in [0.25, 0.3) is 5.91 Å². The van der Waals surface area contributed by atoms with Crippen LogP contribution in [-0.4, -0.2) is 48.2 Å². The molecular weight excluding hydrogens is 346 g/mol. The molecule has 3 aliphatic rings. The van der Waals surface area contributed by atoms with Gasteiger partial charge in [0.15, 0.2) is 24.0 Å². The van der Waals surface area contributed by atoms with Gasteiger partial charge in [-0.15, -0.1) is 11.3 Å². The van der Waals surface area contributed by atoms with E-state index in [0.29, 0.717) is 6.54 Å². The van der Waals surface area contributed by atoms with Crippen molar-refractivity contribution < 1.29 is 28.5 Å². The zero-order valence-corrected chi connectivity index (χ0v) is 15.5. The molecule has 5 atom stereocenters. The van der Waals surface area contributed by atoms with Gasteiger partial charge in [-0.2, -0.15) is 0 Å². The molecule has 3 saturated heterocycles. The molecule has 8 heteroatoms. The molecular formula is C17H23NO6S. The monoisotopic (exact) mass is 369 g/mol.